The Morgan fingerprint density at radius 2 is 1.90 bits per heavy atom. The van der Waals surface area contributed by atoms with E-state index in [9.17, 15) is 4.39 Å². The standard InChI is InChI=1S/C16H19FN4/c17-14-3-1-2-13(10-14)12-20-6-8-21(9-7-20)16-5-4-15(18)11-19-16/h1-5,10-11H,6-9,12,18H2. The molecule has 0 bridgehead atoms. The van der Waals surface area contributed by atoms with Crippen LogP contribution in [0.1, 0.15) is 5.56 Å². The number of nitrogen functional groups attached to an aromatic ring is 1. The van der Waals surface area contributed by atoms with Gasteiger partial charge in [0.2, 0.25) is 0 Å². The zero-order valence-corrected chi connectivity index (χ0v) is 11.9. The summed E-state index contributed by atoms with van der Waals surface area (Å²) in [6.07, 6.45) is 1.69. The number of piperazine rings is 1. The van der Waals surface area contributed by atoms with Crippen LogP contribution in [0, 0.1) is 5.82 Å². The van der Waals surface area contributed by atoms with Crippen molar-refractivity contribution in [3.63, 3.8) is 0 Å². The van der Waals surface area contributed by atoms with Crippen LogP contribution in [0.3, 0.4) is 0 Å². The van der Waals surface area contributed by atoms with E-state index in [0.717, 1.165) is 44.1 Å². The third-order valence-corrected chi connectivity index (χ3v) is 3.76. The second-order valence-corrected chi connectivity index (χ2v) is 5.34. The molecule has 5 heteroatoms. The quantitative estimate of drug-likeness (QED) is 0.939. The molecule has 110 valence electrons. The van der Waals surface area contributed by atoms with Gasteiger partial charge in [-0.1, -0.05) is 12.1 Å². The molecule has 0 spiro atoms. The van der Waals surface area contributed by atoms with Crippen LogP contribution in [-0.4, -0.2) is 36.1 Å². The molecule has 2 aromatic rings. The zero-order chi connectivity index (χ0) is 14.7. The van der Waals surface area contributed by atoms with Crippen LogP contribution in [0.4, 0.5) is 15.9 Å². The Hall–Kier alpha value is -2.14. The lowest BCUT2D eigenvalue weighted by Crippen LogP contribution is -2.46. The highest BCUT2D eigenvalue weighted by molar-refractivity contribution is 5.46. The molecule has 0 unspecified atom stereocenters. The van der Waals surface area contributed by atoms with Gasteiger partial charge in [0.1, 0.15) is 11.6 Å². The molecule has 2 heterocycles. The lowest BCUT2D eigenvalue weighted by Gasteiger charge is -2.35. The summed E-state index contributed by atoms with van der Waals surface area (Å²) in [4.78, 5) is 8.94. The Bertz CT molecular complexity index is 591. The summed E-state index contributed by atoms with van der Waals surface area (Å²) >= 11 is 0. The first kappa shape index (κ1) is 13.8. The van der Waals surface area contributed by atoms with Gasteiger partial charge in [-0.25, -0.2) is 9.37 Å². The molecule has 3 rings (SSSR count). The lowest BCUT2D eigenvalue weighted by atomic mass is 10.2. The van der Waals surface area contributed by atoms with E-state index in [1.54, 1.807) is 18.3 Å². The Morgan fingerprint density at radius 3 is 2.57 bits per heavy atom. The summed E-state index contributed by atoms with van der Waals surface area (Å²) in [7, 11) is 0. The van der Waals surface area contributed by atoms with Crippen LogP contribution in [0.2, 0.25) is 0 Å². The minimum atomic E-state index is -0.169. The number of hydrogen-bond donors (Lipinski definition) is 1. The fourth-order valence-electron chi connectivity index (χ4n) is 2.61. The second-order valence-electron chi connectivity index (χ2n) is 5.34. The molecule has 0 radical (unpaired) electrons. The molecule has 0 aliphatic carbocycles. The molecule has 1 fully saturated rings. The highest BCUT2D eigenvalue weighted by atomic mass is 19.1. The molecule has 0 atom stereocenters. The van der Waals surface area contributed by atoms with E-state index < -0.39 is 0 Å². The first-order valence-corrected chi connectivity index (χ1v) is 7.14. The van der Waals surface area contributed by atoms with Crippen LogP contribution in [0.25, 0.3) is 0 Å². The Morgan fingerprint density at radius 1 is 1.10 bits per heavy atom. The van der Waals surface area contributed by atoms with Crippen molar-refractivity contribution in [3.05, 3.63) is 54.0 Å². The van der Waals surface area contributed by atoms with Crippen molar-refractivity contribution in [3.8, 4) is 0 Å². The molecule has 0 saturated carbocycles. The molecule has 1 aliphatic heterocycles. The summed E-state index contributed by atoms with van der Waals surface area (Å²) in [5.41, 5.74) is 7.36. The highest BCUT2D eigenvalue weighted by Gasteiger charge is 2.18. The van der Waals surface area contributed by atoms with Gasteiger partial charge in [-0.3, -0.25) is 4.90 Å². The topological polar surface area (TPSA) is 45.4 Å². The lowest BCUT2D eigenvalue weighted by molar-refractivity contribution is 0.249. The van der Waals surface area contributed by atoms with Gasteiger partial charge in [0, 0.05) is 32.7 Å². The van der Waals surface area contributed by atoms with E-state index in [4.69, 9.17) is 5.73 Å². The Balaban J connectivity index is 1.56. The van der Waals surface area contributed by atoms with Gasteiger partial charge in [0.15, 0.2) is 0 Å². The van der Waals surface area contributed by atoms with Crippen LogP contribution in [-0.2, 0) is 6.54 Å². The predicted molar refractivity (Wildman–Crippen MR) is 82.5 cm³/mol. The summed E-state index contributed by atoms with van der Waals surface area (Å²) in [6, 6.07) is 10.7. The number of hydrogen-bond acceptors (Lipinski definition) is 4. The van der Waals surface area contributed by atoms with Crippen molar-refractivity contribution in [1.29, 1.82) is 0 Å². The average Bonchev–Trinajstić information content (AvgIpc) is 2.49. The molecule has 21 heavy (non-hydrogen) atoms. The normalized spacial score (nSPS) is 16.1. The van der Waals surface area contributed by atoms with Crippen LogP contribution >= 0.6 is 0 Å². The molecule has 4 nitrogen and oxygen atoms in total. The minimum Gasteiger partial charge on any atom is -0.397 e. The summed E-state index contributed by atoms with van der Waals surface area (Å²) < 4.78 is 13.2. The summed E-state index contributed by atoms with van der Waals surface area (Å²) in [6.45, 7) is 4.53. The third kappa shape index (κ3) is 3.49. The van der Waals surface area contributed by atoms with Crippen LogP contribution in [0.5, 0.6) is 0 Å². The smallest absolute Gasteiger partial charge is 0.128 e. The van der Waals surface area contributed by atoms with E-state index in [1.165, 1.54) is 6.07 Å². The van der Waals surface area contributed by atoms with E-state index in [-0.39, 0.29) is 5.82 Å². The molecule has 1 aromatic heterocycles. The molecule has 0 amide bonds. The maximum absolute atomic E-state index is 13.2. The highest BCUT2D eigenvalue weighted by Crippen LogP contribution is 2.16. The number of rotatable bonds is 3. The van der Waals surface area contributed by atoms with Crippen molar-refractivity contribution in [2.75, 3.05) is 36.8 Å². The maximum Gasteiger partial charge on any atom is 0.128 e. The third-order valence-electron chi connectivity index (χ3n) is 3.76. The Labute approximate surface area is 124 Å². The number of aromatic nitrogens is 1. The monoisotopic (exact) mass is 286 g/mol. The summed E-state index contributed by atoms with van der Waals surface area (Å²) in [5, 5.41) is 0. The van der Waals surface area contributed by atoms with Crippen molar-refractivity contribution in [2.45, 2.75) is 6.54 Å². The van der Waals surface area contributed by atoms with Gasteiger partial charge in [-0.05, 0) is 29.8 Å². The molecular weight excluding hydrogens is 267 g/mol. The van der Waals surface area contributed by atoms with Gasteiger partial charge < -0.3 is 10.6 Å². The summed E-state index contributed by atoms with van der Waals surface area (Å²) in [5.74, 6) is 0.798. The number of anilines is 2. The van der Waals surface area contributed by atoms with Crippen LogP contribution in [0.15, 0.2) is 42.6 Å². The first-order chi connectivity index (χ1) is 10.2. The molecule has 1 saturated heterocycles. The molecule has 1 aliphatic rings. The van der Waals surface area contributed by atoms with E-state index in [1.807, 2.05) is 18.2 Å². The SMILES string of the molecule is Nc1ccc(N2CCN(Cc3cccc(F)c3)CC2)nc1. The number of benzene rings is 1. The zero-order valence-electron chi connectivity index (χ0n) is 11.9. The fraction of sp³-hybridized carbons (Fsp3) is 0.312. The van der Waals surface area contributed by atoms with Gasteiger partial charge in [0.25, 0.3) is 0 Å². The molecule has 2 N–H and O–H groups in total. The molecule has 1 aromatic carbocycles. The minimum absolute atomic E-state index is 0.169. The van der Waals surface area contributed by atoms with Crippen molar-refractivity contribution in [1.82, 2.24) is 9.88 Å². The van der Waals surface area contributed by atoms with E-state index in [0.29, 0.717) is 5.69 Å². The van der Waals surface area contributed by atoms with Crippen molar-refractivity contribution >= 4 is 11.5 Å². The van der Waals surface area contributed by atoms with E-state index >= 15 is 0 Å². The maximum atomic E-state index is 13.2. The fourth-order valence-corrected chi connectivity index (χ4v) is 2.61. The van der Waals surface area contributed by atoms with Crippen LogP contribution < -0.4 is 10.6 Å². The van der Waals surface area contributed by atoms with Crippen molar-refractivity contribution in [2.24, 2.45) is 0 Å². The second kappa shape index (κ2) is 6.10. The Kier molecular flexibility index (Phi) is 4.01. The van der Waals surface area contributed by atoms with Gasteiger partial charge in [-0.15, -0.1) is 0 Å². The predicted octanol–water partition coefficient (Wildman–Crippen LogP) is 2.13. The average molecular weight is 286 g/mol. The number of halogens is 1. The van der Waals surface area contributed by atoms with Crippen molar-refractivity contribution < 1.29 is 4.39 Å². The van der Waals surface area contributed by atoms with Gasteiger partial charge >= 0.3 is 0 Å². The largest absolute Gasteiger partial charge is 0.397 e. The number of pyridine rings is 1. The van der Waals surface area contributed by atoms with E-state index in [2.05, 4.69) is 14.8 Å². The molecular formula is C16H19FN4. The number of nitrogens with two attached hydrogens (primary N) is 1. The van der Waals surface area contributed by atoms with Gasteiger partial charge in [-0.2, -0.15) is 0 Å². The van der Waals surface area contributed by atoms with Gasteiger partial charge in [0.05, 0.1) is 11.9 Å². The number of nitrogens with zero attached hydrogens (tertiary/aromatic N) is 3. The first-order valence-electron chi connectivity index (χ1n) is 7.14.